The van der Waals surface area contributed by atoms with E-state index in [0.29, 0.717) is 22.4 Å². The van der Waals surface area contributed by atoms with Crippen molar-refractivity contribution in [1.82, 2.24) is 0 Å². The first-order chi connectivity index (χ1) is 9.60. The molecule has 2 aromatic carbocycles. The molecule has 0 saturated heterocycles. The summed E-state index contributed by atoms with van der Waals surface area (Å²) in [6, 6.07) is 11.2. The number of amidine groups is 1. The van der Waals surface area contributed by atoms with E-state index in [2.05, 4.69) is 0 Å². The van der Waals surface area contributed by atoms with Crippen molar-refractivity contribution >= 4 is 5.84 Å². The SMILES string of the molecule is N=C(N)c1cc(F)cc(COc2ccccc2CO)c1. The fourth-order valence-corrected chi connectivity index (χ4v) is 1.83. The molecule has 4 nitrogen and oxygen atoms in total. The van der Waals surface area contributed by atoms with Crippen LogP contribution in [0.3, 0.4) is 0 Å². The summed E-state index contributed by atoms with van der Waals surface area (Å²) in [4.78, 5) is 0. The van der Waals surface area contributed by atoms with E-state index in [1.807, 2.05) is 0 Å². The van der Waals surface area contributed by atoms with Gasteiger partial charge in [-0.15, -0.1) is 0 Å². The molecule has 0 amide bonds. The van der Waals surface area contributed by atoms with Gasteiger partial charge in [-0.25, -0.2) is 4.39 Å². The summed E-state index contributed by atoms with van der Waals surface area (Å²) in [5.41, 5.74) is 6.90. The number of hydrogen-bond acceptors (Lipinski definition) is 3. The zero-order valence-electron chi connectivity index (χ0n) is 10.8. The predicted molar refractivity (Wildman–Crippen MR) is 74.1 cm³/mol. The molecule has 0 bridgehead atoms. The van der Waals surface area contributed by atoms with Crippen LogP contribution in [0.5, 0.6) is 5.75 Å². The van der Waals surface area contributed by atoms with Crippen LogP contribution in [-0.2, 0) is 13.2 Å². The summed E-state index contributed by atoms with van der Waals surface area (Å²) in [6.07, 6.45) is 0. The molecule has 0 heterocycles. The lowest BCUT2D eigenvalue weighted by atomic mass is 10.1. The van der Waals surface area contributed by atoms with Crippen LogP contribution in [-0.4, -0.2) is 10.9 Å². The van der Waals surface area contributed by atoms with Gasteiger partial charge in [-0.05, 0) is 29.8 Å². The van der Waals surface area contributed by atoms with Crippen LogP contribution in [0.2, 0.25) is 0 Å². The summed E-state index contributed by atoms with van der Waals surface area (Å²) in [7, 11) is 0. The zero-order chi connectivity index (χ0) is 14.5. The topological polar surface area (TPSA) is 79.3 Å². The highest BCUT2D eigenvalue weighted by atomic mass is 19.1. The van der Waals surface area contributed by atoms with Gasteiger partial charge in [0, 0.05) is 11.1 Å². The number of aliphatic hydroxyl groups excluding tert-OH is 1. The minimum absolute atomic E-state index is 0.127. The normalized spacial score (nSPS) is 10.3. The Labute approximate surface area is 116 Å². The van der Waals surface area contributed by atoms with Gasteiger partial charge in [-0.1, -0.05) is 18.2 Å². The van der Waals surface area contributed by atoms with E-state index in [4.69, 9.17) is 15.9 Å². The number of benzene rings is 2. The lowest BCUT2D eigenvalue weighted by molar-refractivity contribution is 0.259. The van der Waals surface area contributed by atoms with Gasteiger partial charge in [0.25, 0.3) is 0 Å². The maximum atomic E-state index is 13.4. The van der Waals surface area contributed by atoms with Crippen LogP contribution in [0, 0.1) is 11.2 Å². The van der Waals surface area contributed by atoms with E-state index in [9.17, 15) is 9.50 Å². The molecular formula is C15H15FN2O2. The molecular weight excluding hydrogens is 259 g/mol. The van der Waals surface area contributed by atoms with Crippen molar-refractivity contribution in [2.24, 2.45) is 5.73 Å². The van der Waals surface area contributed by atoms with Gasteiger partial charge in [0.2, 0.25) is 0 Å². The van der Waals surface area contributed by atoms with Crippen molar-refractivity contribution in [1.29, 1.82) is 5.41 Å². The van der Waals surface area contributed by atoms with Crippen molar-refractivity contribution in [2.75, 3.05) is 0 Å². The second-order valence-electron chi connectivity index (χ2n) is 4.32. The number of hydrogen-bond donors (Lipinski definition) is 3. The number of ether oxygens (including phenoxy) is 1. The molecule has 0 spiro atoms. The maximum Gasteiger partial charge on any atom is 0.125 e. The molecule has 0 atom stereocenters. The van der Waals surface area contributed by atoms with Gasteiger partial charge in [-0.2, -0.15) is 0 Å². The Morgan fingerprint density at radius 1 is 1.25 bits per heavy atom. The lowest BCUT2D eigenvalue weighted by Gasteiger charge is -2.11. The Morgan fingerprint density at radius 2 is 2.00 bits per heavy atom. The first-order valence-corrected chi connectivity index (χ1v) is 6.05. The molecule has 0 unspecified atom stereocenters. The Kier molecular flexibility index (Phi) is 4.32. The summed E-state index contributed by atoms with van der Waals surface area (Å²) in [5.74, 6) is -0.114. The van der Waals surface area contributed by atoms with E-state index in [0.717, 1.165) is 0 Å². The summed E-state index contributed by atoms with van der Waals surface area (Å²) < 4.78 is 19.0. The maximum absolute atomic E-state index is 13.4. The van der Waals surface area contributed by atoms with Crippen molar-refractivity contribution in [3.05, 3.63) is 65.0 Å². The summed E-state index contributed by atoms with van der Waals surface area (Å²) >= 11 is 0. The van der Waals surface area contributed by atoms with Gasteiger partial charge in [-0.3, -0.25) is 5.41 Å². The smallest absolute Gasteiger partial charge is 0.125 e. The van der Waals surface area contributed by atoms with Crippen LogP contribution >= 0.6 is 0 Å². The molecule has 0 fully saturated rings. The highest BCUT2D eigenvalue weighted by Crippen LogP contribution is 2.19. The molecule has 20 heavy (non-hydrogen) atoms. The quantitative estimate of drug-likeness (QED) is 0.577. The van der Waals surface area contributed by atoms with Gasteiger partial charge in [0.1, 0.15) is 24.0 Å². The van der Waals surface area contributed by atoms with Crippen LogP contribution in [0.1, 0.15) is 16.7 Å². The number of nitrogens with one attached hydrogen (secondary N) is 1. The fraction of sp³-hybridized carbons (Fsp3) is 0.133. The van der Waals surface area contributed by atoms with E-state index in [1.165, 1.54) is 12.1 Å². The molecule has 2 aromatic rings. The highest BCUT2D eigenvalue weighted by Gasteiger charge is 2.06. The van der Waals surface area contributed by atoms with Gasteiger partial charge in [0.15, 0.2) is 0 Å². The third-order valence-corrected chi connectivity index (χ3v) is 2.81. The molecule has 0 saturated carbocycles. The third-order valence-electron chi connectivity index (χ3n) is 2.81. The molecule has 0 aromatic heterocycles. The number of para-hydroxylation sites is 1. The molecule has 5 heteroatoms. The summed E-state index contributed by atoms with van der Waals surface area (Å²) in [6.45, 7) is 0.00702. The average molecular weight is 274 g/mol. The predicted octanol–water partition coefficient (Wildman–Crippen LogP) is 2.18. The zero-order valence-corrected chi connectivity index (χ0v) is 10.8. The molecule has 0 aliphatic rings. The first-order valence-electron chi connectivity index (χ1n) is 6.05. The lowest BCUT2D eigenvalue weighted by Crippen LogP contribution is -2.12. The largest absolute Gasteiger partial charge is 0.489 e. The van der Waals surface area contributed by atoms with Gasteiger partial charge < -0.3 is 15.6 Å². The number of aliphatic hydroxyl groups is 1. The molecule has 0 aliphatic heterocycles. The minimum atomic E-state index is -0.466. The molecule has 2 rings (SSSR count). The van der Waals surface area contributed by atoms with Crippen LogP contribution in [0.25, 0.3) is 0 Å². The van der Waals surface area contributed by atoms with E-state index in [1.54, 1.807) is 30.3 Å². The molecule has 4 N–H and O–H groups in total. The Hall–Kier alpha value is -2.40. The van der Waals surface area contributed by atoms with Crippen molar-refractivity contribution in [3.8, 4) is 5.75 Å². The van der Waals surface area contributed by atoms with E-state index < -0.39 is 5.82 Å². The number of nitrogen functional groups attached to an aromatic ring is 1. The fourth-order valence-electron chi connectivity index (χ4n) is 1.83. The Morgan fingerprint density at radius 3 is 2.70 bits per heavy atom. The van der Waals surface area contributed by atoms with E-state index in [-0.39, 0.29) is 19.0 Å². The van der Waals surface area contributed by atoms with Crippen LogP contribution in [0.15, 0.2) is 42.5 Å². The molecule has 104 valence electrons. The molecule has 0 aliphatic carbocycles. The van der Waals surface area contributed by atoms with Gasteiger partial charge >= 0.3 is 0 Å². The minimum Gasteiger partial charge on any atom is -0.489 e. The number of rotatable bonds is 5. The van der Waals surface area contributed by atoms with Crippen molar-refractivity contribution < 1.29 is 14.2 Å². The van der Waals surface area contributed by atoms with Gasteiger partial charge in [0.05, 0.1) is 6.61 Å². The third kappa shape index (κ3) is 3.33. The highest BCUT2D eigenvalue weighted by molar-refractivity contribution is 5.95. The first kappa shape index (κ1) is 14.0. The molecule has 0 radical (unpaired) electrons. The van der Waals surface area contributed by atoms with Crippen molar-refractivity contribution in [2.45, 2.75) is 13.2 Å². The average Bonchev–Trinajstić information content (AvgIpc) is 2.44. The standard InChI is InChI=1S/C15H15FN2O2/c16-13-6-10(5-12(7-13)15(17)18)9-20-14-4-2-1-3-11(14)8-19/h1-7,19H,8-9H2,(H3,17,18). The second-order valence-corrected chi connectivity index (χ2v) is 4.32. The van der Waals surface area contributed by atoms with Crippen molar-refractivity contribution in [3.63, 3.8) is 0 Å². The van der Waals surface area contributed by atoms with Crippen LogP contribution in [0.4, 0.5) is 4.39 Å². The van der Waals surface area contributed by atoms with Crippen LogP contribution < -0.4 is 10.5 Å². The Bertz CT molecular complexity index is 629. The number of nitrogens with two attached hydrogens (primary N) is 1. The second kappa shape index (κ2) is 6.16. The number of halogens is 1. The summed E-state index contributed by atoms with van der Waals surface area (Å²) in [5, 5.41) is 16.5. The Balaban J connectivity index is 2.16. The van der Waals surface area contributed by atoms with E-state index >= 15 is 0 Å². The monoisotopic (exact) mass is 274 g/mol.